The number of aromatic hydroxyl groups is 1. The Morgan fingerprint density at radius 3 is 2.40 bits per heavy atom. The molecule has 1 saturated heterocycles. The van der Waals surface area contributed by atoms with Crippen LogP contribution in [0.5, 0.6) is 5.75 Å². The Morgan fingerprint density at radius 2 is 1.69 bits per heavy atom. The quantitative estimate of drug-likeness (QED) is 0.451. The predicted octanol–water partition coefficient (Wildman–Crippen LogP) is 5.01. The van der Waals surface area contributed by atoms with Crippen molar-refractivity contribution in [3.05, 3.63) is 95.1 Å². The lowest BCUT2D eigenvalue weighted by Crippen LogP contribution is -2.34. The van der Waals surface area contributed by atoms with E-state index in [2.05, 4.69) is 22.3 Å². The number of carbonyl (C=O) groups excluding carboxylic acids is 2. The third kappa shape index (κ3) is 6.01. The molecule has 1 amide bonds. The van der Waals surface area contributed by atoms with E-state index in [9.17, 15) is 14.7 Å². The number of phenolic OH excluding ortho intramolecular Hbond substituents is 1. The molecule has 0 saturated carbocycles. The summed E-state index contributed by atoms with van der Waals surface area (Å²) >= 11 is 0. The third-order valence-electron chi connectivity index (χ3n) is 6.30. The molecule has 3 aromatic rings. The maximum Gasteiger partial charge on any atom is 0.341 e. The largest absolute Gasteiger partial charge is 0.507 e. The van der Waals surface area contributed by atoms with Crippen molar-refractivity contribution < 1.29 is 19.4 Å². The second-order valence-corrected chi connectivity index (χ2v) is 8.77. The molecule has 0 aromatic heterocycles. The molecule has 1 atom stereocenters. The minimum Gasteiger partial charge on any atom is -0.507 e. The molecule has 6 heteroatoms. The molecule has 1 fully saturated rings. The Morgan fingerprint density at radius 1 is 0.971 bits per heavy atom. The molecule has 2 N–H and O–H groups in total. The standard InChI is InChI=1S/C29H32N2O4/c1-2-35-29(34)24-16-15-21(19-26(24)32)20-27(33)30-28(22-11-5-3-6-12-22)23-13-7-8-14-25(23)31-17-9-4-10-18-31/h3,5-8,11-16,19,28,32H,2,4,9-10,17-18,20H2,1H3,(H,30,33). The number of carbonyl (C=O) groups is 2. The van der Waals surface area contributed by atoms with E-state index >= 15 is 0 Å². The van der Waals surface area contributed by atoms with Crippen molar-refractivity contribution in [1.82, 2.24) is 5.32 Å². The highest BCUT2D eigenvalue weighted by Gasteiger charge is 2.23. The molecule has 3 aromatic carbocycles. The van der Waals surface area contributed by atoms with E-state index < -0.39 is 5.97 Å². The van der Waals surface area contributed by atoms with Gasteiger partial charge in [-0.05, 0) is 55.5 Å². The average molecular weight is 473 g/mol. The van der Waals surface area contributed by atoms with E-state index in [0.29, 0.717) is 5.56 Å². The van der Waals surface area contributed by atoms with Crippen LogP contribution in [0.2, 0.25) is 0 Å². The van der Waals surface area contributed by atoms with Gasteiger partial charge in [-0.3, -0.25) is 4.79 Å². The molecule has 35 heavy (non-hydrogen) atoms. The molecular formula is C29H32N2O4. The van der Waals surface area contributed by atoms with Crippen LogP contribution in [0.1, 0.15) is 59.3 Å². The fourth-order valence-electron chi connectivity index (χ4n) is 4.61. The van der Waals surface area contributed by atoms with E-state index in [0.717, 1.165) is 29.9 Å². The minimum absolute atomic E-state index is 0.0753. The van der Waals surface area contributed by atoms with Gasteiger partial charge in [-0.15, -0.1) is 0 Å². The summed E-state index contributed by atoms with van der Waals surface area (Å²) in [6, 6.07) is 22.6. The molecule has 0 bridgehead atoms. The van der Waals surface area contributed by atoms with Gasteiger partial charge in [0.25, 0.3) is 0 Å². The first-order chi connectivity index (χ1) is 17.1. The van der Waals surface area contributed by atoms with Gasteiger partial charge >= 0.3 is 5.97 Å². The number of nitrogens with one attached hydrogen (secondary N) is 1. The zero-order valence-electron chi connectivity index (χ0n) is 20.1. The topological polar surface area (TPSA) is 78.9 Å². The van der Waals surface area contributed by atoms with Crippen molar-refractivity contribution in [3.8, 4) is 5.75 Å². The van der Waals surface area contributed by atoms with Crippen molar-refractivity contribution in [2.24, 2.45) is 0 Å². The fraction of sp³-hybridized carbons (Fsp3) is 0.310. The Balaban J connectivity index is 1.58. The predicted molar refractivity (Wildman–Crippen MR) is 137 cm³/mol. The van der Waals surface area contributed by atoms with E-state index in [4.69, 9.17) is 4.74 Å². The van der Waals surface area contributed by atoms with Gasteiger partial charge in [-0.2, -0.15) is 0 Å². The lowest BCUT2D eigenvalue weighted by atomic mass is 9.95. The summed E-state index contributed by atoms with van der Waals surface area (Å²) in [5.41, 5.74) is 3.93. The van der Waals surface area contributed by atoms with Gasteiger partial charge < -0.3 is 20.1 Å². The summed E-state index contributed by atoms with van der Waals surface area (Å²) in [7, 11) is 0. The highest BCUT2D eigenvalue weighted by atomic mass is 16.5. The van der Waals surface area contributed by atoms with Crippen molar-refractivity contribution in [1.29, 1.82) is 0 Å². The summed E-state index contributed by atoms with van der Waals surface area (Å²) in [5, 5.41) is 13.5. The van der Waals surface area contributed by atoms with Crippen LogP contribution >= 0.6 is 0 Å². The van der Waals surface area contributed by atoms with Crippen LogP contribution in [0, 0.1) is 0 Å². The monoisotopic (exact) mass is 472 g/mol. The van der Waals surface area contributed by atoms with Gasteiger partial charge in [0.05, 0.1) is 19.1 Å². The first-order valence-corrected chi connectivity index (χ1v) is 12.2. The van der Waals surface area contributed by atoms with E-state index in [1.54, 1.807) is 13.0 Å². The van der Waals surface area contributed by atoms with Crippen LogP contribution < -0.4 is 10.2 Å². The molecule has 0 radical (unpaired) electrons. The van der Waals surface area contributed by atoms with E-state index in [-0.39, 0.29) is 36.3 Å². The zero-order chi connectivity index (χ0) is 24.6. The number of hydrogen-bond acceptors (Lipinski definition) is 5. The number of phenols is 1. The van der Waals surface area contributed by atoms with Crippen LogP contribution in [0.25, 0.3) is 0 Å². The van der Waals surface area contributed by atoms with E-state index in [1.165, 1.54) is 31.4 Å². The van der Waals surface area contributed by atoms with Crippen LogP contribution in [-0.2, 0) is 16.0 Å². The lowest BCUT2D eigenvalue weighted by molar-refractivity contribution is -0.120. The average Bonchev–Trinajstić information content (AvgIpc) is 2.88. The number of rotatable bonds is 8. The normalized spacial score (nSPS) is 14.3. The molecule has 1 unspecified atom stereocenters. The van der Waals surface area contributed by atoms with E-state index in [1.807, 2.05) is 42.5 Å². The van der Waals surface area contributed by atoms with Crippen LogP contribution in [0.4, 0.5) is 5.69 Å². The molecule has 6 nitrogen and oxygen atoms in total. The van der Waals surface area contributed by atoms with Crippen LogP contribution in [0.3, 0.4) is 0 Å². The number of para-hydroxylation sites is 1. The number of hydrogen-bond donors (Lipinski definition) is 2. The Kier molecular flexibility index (Phi) is 8.03. The number of anilines is 1. The molecule has 1 heterocycles. The summed E-state index contributed by atoms with van der Waals surface area (Å²) in [4.78, 5) is 27.6. The van der Waals surface area contributed by atoms with Gasteiger partial charge in [0.2, 0.25) is 5.91 Å². The number of nitrogens with zero attached hydrogens (tertiary/aromatic N) is 1. The van der Waals surface area contributed by atoms with Gasteiger partial charge in [0.1, 0.15) is 11.3 Å². The highest BCUT2D eigenvalue weighted by molar-refractivity contribution is 5.92. The molecule has 0 spiro atoms. The molecule has 1 aliphatic rings. The molecular weight excluding hydrogens is 440 g/mol. The lowest BCUT2D eigenvalue weighted by Gasteiger charge is -2.33. The highest BCUT2D eigenvalue weighted by Crippen LogP contribution is 2.32. The molecule has 4 rings (SSSR count). The smallest absolute Gasteiger partial charge is 0.341 e. The maximum atomic E-state index is 13.2. The molecule has 0 aliphatic carbocycles. The third-order valence-corrected chi connectivity index (χ3v) is 6.30. The Hall–Kier alpha value is -3.80. The van der Waals surface area contributed by atoms with Gasteiger partial charge in [-0.1, -0.05) is 54.6 Å². The van der Waals surface area contributed by atoms with Gasteiger partial charge in [-0.25, -0.2) is 4.79 Å². The number of ether oxygens (including phenoxy) is 1. The van der Waals surface area contributed by atoms with Crippen LogP contribution in [-0.4, -0.2) is 36.7 Å². The van der Waals surface area contributed by atoms with Gasteiger partial charge in [0, 0.05) is 24.3 Å². The first-order valence-electron chi connectivity index (χ1n) is 12.2. The fourth-order valence-corrected chi connectivity index (χ4v) is 4.61. The van der Waals surface area contributed by atoms with Crippen molar-refractivity contribution in [2.45, 2.75) is 38.6 Å². The molecule has 182 valence electrons. The zero-order valence-corrected chi connectivity index (χ0v) is 20.1. The van der Waals surface area contributed by atoms with Crippen molar-refractivity contribution in [2.75, 3.05) is 24.6 Å². The maximum absolute atomic E-state index is 13.2. The number of benzene rings is 3. The summed E-state index contributed by atoms with van der Waals surface area (Å²) in [6.07, 6.45) is 3.66. The SMILES string of the molecule is CCOC(=O)c1ccc(CC(=O)NC(c2ccccc2)c2ccccc2N2CCCCC2)cc1O. The molecule has 1 aliphatic heterocycles. The number of esters is 1. The Bertz CT molecular complexity index is 1160. The minimum atomic E-state index is -0.584. The van der Waals surface area contributed by atoms with Crippen molar-refractivity contribution in [3.63, 3.8) is 0 Å². The summed E-state index contributed by atoms with van der Waals surface area (Å²) in [5.74, 6) is -0.946. The van der Waals surface area contributed by atoms with Crippen LogP contribution in [0.15, 0.2) is 72.8 Å². The van der Waals surface area contributed by atoms with Crippen molar-refractivity contribution >= 4 is 17.6 Å². The number of amides is 1. The summed E-state index contributed by atoms with van der Waals surface area (Å²) < 4.78 is 4.96. The number of piperidine rings is 1. The Labute approximate surface area is 206 Å². The van der Waals surface area contributed by atoms with Gasteiger partial charge in [0.15, 0.2) is 0 Å². The second-order valence-electron chi connectivity index (χ2n) is 8.77. The second kappa shape index (κ2) is 11.6. The summed E-state index contributed by atoms with van der Waals surface area (Å²) in [6.45, 7) is 3.96. The first kappa shape index (κ1) is 24.3.